The average Bonchev–Trinajstić information content (AvgIpc) is 3.13. The zero-order chi connectivity index (χ0) is 34.4. The van der Waals surface area contributed by atoms with E-state index in [9.17, 15) is 14.2 Å². The third-order valence-corrected chi connectivity index (χ3v) is 11.6. The molecule has 0 saturated carbocycles. The van der Waals surface area contributed by atoms with Gasteiger partial charge in [0.1, 0.15) is 12.0 Å². The quantitative estimate of drug-likeness (QED) is 0.111. The minimum atomic E-state index is -3.61. The number of hydrogen-bond acceptors (Lipinski definition) is 6. The highest BCUT2D eigenvalue weighted by molar-refractivity contribution is 7.83. The van der Waals surface area contributed by atoms with E-state index in [0.717, 1.165) is 16.7 Å². The lowest BCUT2D eigenvalue weighted by Gasteiger charge is -2.48. The third-order valence-electron chi connectivity index (χ3n) is 9.00. The lowest BCUT2D eigenvalue weighted by atomic mass is 9.59. The summed E-state index contributed by atoms with van der Waals surface area (Å²) in [5.41, 5.74) is 2.44. The van der Waals surface area contributed by atoms with Crippen molar-refractivity contribution in [3.05, 3.63) is 166 Å². The summed E-state index contributed by atoms with van der Waals surface area (Å²) >= 11 is 6.29. The number of carbonyl (C=O) groups excluding carboxylic acids is 1. The Hall–Kier alpha value is -4.37. The normalized spacial score (nSPS) is 19.2. The standard InChI is InChI=1S/C38H38ClN4O5P/c1-42(2)49(39,46)47-27-33-25-32(26-35(48-33)43-24-23-34(41-37(43)45)40-36(44)28-15-7-3-8-16-28)38(29-17-9-4-10-18-29,30-19-11-5-12-20-30)31-21-13-6-14-22-31/h3-24,32-33,35H,25-27H2,1-2H3,(H,40,41,44,45)/t32?,33-,35+,49?/m0/s1. The number of nitrogens with zero attached hydrogens (tertiary/aromatic N) is 3. The molecular weight excluding hydrogens is 659 g/mol. The molecule has 2 unspecified atom stereocenters. The fourth-order valence-electron chi connectivity index (χ4n) is 6.71. The molecule has 49 heavy (non-hydrogen) atoms. The topological polar surface area (TPSA) is 103 Å². The summed E-state index contributed by atoms with van der Waals surface area (Å²) in [5, 5.41) is 2.71. The number of anilines is 1. The van der Waals surface area contributed by atoms with Crippen LogP contribution in [0.15, 0.2) is 138 Å². The van der Waals surface area contributed by atoms with Gasteiger partial charge in [0.2, 0.25) is 0 Å². The summed E-state index contributed by atoms with van der Waals surface area (Å²) < 4.78 is 28.2. The molecule has 9 nitrogen and oxygen atoms in total. The van der Waals surface area contributed by atoms with E-state index in [0.29, 0.717) is 18.4 Å². The third kappa shape index (κ3) is 7.47. The van der Waals surface area contributed by atoms with Crippen LogP contribution in [0.2, 0.25) is 0 Å². The first-order valence-corrected chi connectivity index (χ1v) is 18.6. The summed E-state index contributed by atoms with van der Waals surface area (Å²) in [6, 6.07) is 41.3. The molecule has 11 heteroatoms. The number of aromatic nitrogens is 2. The average molecular weight is 697 g/mol. The Bertz CT molecular complexity index is 1870. The molecule has 0 radical (unpaired) electrons. The predicted octanol–water partition coefficient (Wildman–Crippen LogP) is 7.75. The monoisotopic (exact) mass is 696 g/mol. The van der Waals surface area contributed by atoms with Gasteiger partial charge in [0.15, 0.2) is 0 Å². The van der Waals surface area contributed by atoms with Crippen molar-refractivity contribution in [1.29, 1.82) is 0 Å². The van der Waals surface area contributed by atoms with Crippen LogP contribution in [-0.4, -0.2) is 46.9 Å². The van der Waals surface area contributed by atoms with Crippen LogP contribution in [0.4, 0.5) is 5.82 Å². The van der Waals surface area contributed by atoms with Gasteiger partial charge >= 0.3 is 12.6 Å². The number of benzene rings is 4. The van der Waals surface area contributed by atoms with Crippen LogP contribution in [0, 0.1) is 5.92 Å². The van der Waals surface area contributed by atoms with Gasteiger partial charge in [-0.05, 0) is 79.0 Å². The van der Waals surface area contributed by atoms with E-state index < -0.39 is 30.3 Å². The van der Waals surface area contributed by atoms with Crippen molar-refractivity contribution in [3.63, 3.8) is 0 Å². The van der Waals surface area contributed by atoms with E-state index in [1.54, 1.807) is 50.6 Å². The van der Waals surface area contributed by atoms with Gasteiger partial charge in [-0.3, -0.25) is 13.9 Å². The first-order valence-electron chi connectivity index (χ1n) is 16.1. The Labute approximate surface area is 290 Å². The number of hydrogen-bond donors (Lipinski definition) is 1. The van der Waals surface area contributed by atoms with Crippen LogP contribution >= 0.6 is 18.1 Å². The second kappa shape index (κ2) is 15.0. The predicted molar refractivity (Wildman–Crippen MR) is 192 cm³/mol. The van der Waals surface area contributed by atoms with Crippen LogP contribution in [-0.2, 0) is 19.2 Å². The van der Waals surface area contributed by atoms with Gasteiger partial charge in [-0.25, -0.2) is 9.46 Å². The van der Waals surface area contributed by atoms with Gasteiger partial charge in [-0.2, -0.15) is 4.98 Å². The molecule has 1 amide bonds. The van der Waals surface area contributed by atoms with Crippen LogP contribution in [0.25, 0.3) is 0 Å². The molecule has 6 rings (SSSR count). The van der Waals surface area contributed by atoms with Crippen molar-refractivity contribution in [3.8, 4) is 0 Å². The number of carbonyl (C=O) groups is 1. The van der Waals surface area contributed by atoms with Gasteiger partial charge < -0.3 is 14.6 Å². The zero-order valence-corrected chi connectivity index (χ0v) is 28.9. The summed E-state index contributed by atoms with van der Waals surface area (Å²) in [6.45, 7) is -3.67. The van der Waals surface area contributed by atoms with Gasteiger partial charge in [0.05, 0.1) is 12.7 Å². The lowest BCUT2D eigenvalue weighted by molar-refractivity contribution is -0.129. The molecule has 0 bridgehead atoms. The van der Waals surface area contributed by atoms with Crippen molar-refractivity contribution >= 4 is 29.8 Å². The number of halogens is 1. The lowest BCUT2D eigenvalue weighted by Crippen LogP contribution is -2.47. The molecule has 4 atom stereocenters. The number of amides is 1. The highest BCUT2D eigenvalue weighted by atomic mass is 35.7. The second-order valence-electron chi connectivity index (χ2n) is 12.2. The van der Waals surface area contributed by atoms with Gasteiger partial charge in [-0.15, -0.1) is 0 Å². The minimum Gasteiger partial charge on any atom is -0.352 e. The van der Waals surface area contributed by atoms with E-state index in [1.807, 2.05) is 60.7 Å². The summed E-state index contributed by atoms with van der Waals surface area (Å²) in [7, 11) is 3.19. The molecule has 1 aliphatic heterocycles. The summed E-state index contributed by atoms with van der Waals surface area (Å²) in [6.07, 6.45) is 1.17. The molecule has 0 aliphatic carbocycles. The van der Waals surface area contributed by atoms with Crippen molar-refractivity contribution in [2.45, 2.75) is 30.6 Å². The smallest absolute Gasteiger partial charge is 0.352 e. The van der Waals surface area contributed by atoms with Gasteiger partial charge in [0, 0.05) is 17.2 Å². The maximum absolute atomic E-state index is 13.7. The number of ether oxygens (including phenoxy) is 1. The van der Waals surface area contributed by atoms with E-state index in [4.69, 9.17) is 20.5 Å². The van der Waals surface area contributed by atoms with E-state index in [-0.39, 0.29) is 24.2 Å². The Kier molecular flexibility index (Phi) is 10.6. The molecule has 1 fully saturated rings. The molecule has 1 saturated heterocycles. The largest absolute Gasteiger partial charge is 0.362 e. The Morgan fingerprint density at radius 3 is 1.88 bits per heavy atom. The minimum absolute atomic E-state index is 0.0617. The van der Waals surface area contributed by atoms with Crippen molar-refractivity contribution in [2.75, 3.05) is 26.0 Å². The molecule has 1 N–H and O–H groups in total. The van der Waals surface area contributed by atoms with E-state index in [1.165, 1.54) is 9.24 Å². The van der Waals surface area contributed by atoms with Crippen LogP contribution in [0.1, 0.15) is 46.1 Å². The van der Waals surface area contributed by atoms with Gasteiger partial charge in [0.25, 0.3) is 5.91 Å². The van der Waals surface area contributed by atoms with Gasteiger partial charge in [-0.1, -0.05) is 109 Å². The molecule has 1 aromatic heterocycles. The Balaban J connectivity index is 1.43. The molecule has 5 aromatic rings. The van der Waals surface area contributed by atoms with E-state index in [2.05, 4.69) is 46.7 Å². The molecular formula is C38H38ClN4O5P. The Morgan fingerprint density at radius 1 is 0.878 bits per heavy atom. The molecule has 0 spiro atoms. The highest BCUT2D eigenvalue weighted by Gasteiger charge is 2.48. The number of nitrogens with one attached hydrogen (secondary N) is 1. The fraction of sp³-hybridized carbons (Fsp3) is 0.237. The van der Waals surface area contributed by atoms with Crippen molar-refractivity contribution in [2.24, 2.45) is 5.92 Å². The molecule has 252 valence electrons. The van der Waals surface area contributed by atoms with Crippen LogP contribution in [0.3, 0.4) is 0 Å². The first kappa shape index (κ1) is 34.5. The maximum Gasteiger partial charge on any atom is 0.362 e. The fourth-order valence-corrected chi connectivity index (χ4v) is 7.46. The molecule has 4 aromatic carbocycles. The zero-order valence-electron chi connectivity index (χ0n) is 27.3. The highest BCUT2D eigenvalue weighted by Crippen LogP contribution is 2.56. The summed E-state index contributed by atoms with van der Waals surface area (Å²) in [5.74, 6) is -0.393. The Morgan fingerprint density at radius 2 is 1.39 bits per heavy atom. The van der Waals surface area contributed by atoms with Crippen LogP contribution in [0.5, 0.6) is 0 Å². The summed E-state index contributed by atoms with van der Waals surface area (Å²) in [4.78, 5) is 30.6. The van der Waals surface area contributed by atoms with Crippen molar-refractivity contribution in [1.82, 2.24) is 14.2 Å². The van der Waals surface area contributed by atoms with Crippen molar-refractivity contribution < 1.29 is 18.6 Å². The second-order valence-corrected chi connectivity index (χ2v) is 15.4. The van der Waals surface area contributed by atoms with E-state index >= 15 is 0 Å². The van der Waals surface area contributed by atoms with Crippen LogP contribution < -0.4 is 11.0 Å². The molecule has 2 heterocycles. The maximum atomic E-state index is 13.7. The first-order chi connectivity index (χ1) is 23.7. The SMILES string of the molecule is CN(C)P(=O)(Cl)OC[C@@H]1CC(C(c2ccccc2)(c2ccccc2)c2ccccc2)C[C@H](n2ccc(NC(=O)c3ccccc3)nc2=O)O1. The molecule has 1 aliphatic rings. The number of rotatable bonds is 11.